The van der Waals surface area contributed by atoms with Gasteiger partial charge in [-0.3, -0.25) is 10.4 Å². The van der Waals surface area contributed by atoms with Crippen molar-refractivity contribution >= 4 is 34.7 Å². The minimum Gasteiger partial charge on any atom is -0.323 e. The van der Waals surface area contributed by atoms with Crippen LogP contribution in [0.2, 0.25) is 0 Å². The molecule has 2 N–H and O–H groups in total. The molecule has 9 heteroatoms. The van der Waals surface area contributed by atoms with Crippen LogP contribution in [0.5, 0.6) is 0 Å². The Hall–Kier alpha value is -3.33. The van der Waals surface area contributed by atoms with Crippen LogP contribution in [-0.2, 0) is 13.0 Å². The number of hydrogen-bond donors (Lipinski definition) is 2. The number of nitrogens with zero attached hydrogens (tertiary/aromatic N) is 5. The Morgan fingerprint density at radius 3 is 2.78 bits per heavy atom. The van der Waals surface area contributed by atoms with Crippen LogP contribution in [0.15, 0.2) is 48.5 Å². The number of aromatic nitrogens is 5. The molecule has 0 aliphatic heterocycles. The molecule has 4 aromatic rings. The predicted molar refractivity (Wildman–Crippen MR) is 104 cm³/mol. The molecule has 2 aromatic heterocycles. The number of aromatic amines is 1. The van der Waals surface area contributed by atoms with Gasteiger partial charge in [-0.1, -0.05) is 36.4 Å². The summed E-state index contributed by atoms with van der Waals surface area (Å²) in [6.45, 7) is 0.445. The maximum absolute atomic E-state index is 12.4. The number of H-pyrrole nitrogens is 1. The monoisotopic (exact) mass is 379 g/mol. The lowest BCUT2D eigenvalue weighted by Crippen LogP contribution is -2.31. The molecule has 0 aliphatic rings. The first-order valence-electron chi connectivity index (χ1n) is 8.36. The van der Waals surface area contributed by atoms with Gasteiger partial charge in [0.1, 0.15) is 16.9 Å². The van der Waals surface area contributed by atoms with E-state index in [1.54, 1.807) is 11.9 Å². The highest BCUT2D eigenvalue weighted by Crippen LogP contribution is 2.15. The van der Waals surface area contributed by atoms with Gasteiger partial charge in [-0.05, 0) is 23.3 Å². The second-order valence-corrected chi connectivity index (χ2v) is 6.67. The molecule has 0 atom stereocenters. The van der Waals surface area contributed by atoms with Crippen LogP contribution in [0.4, 0.5) is 10.7 Å². The van der Waals surface area contributed by atoms with Crippen molar-refractivity contribution in [3.63, 3.8) is 0 Å². The lowest BCUT2D eigenvalue weighted by atomic mass is 10.1. The fourth-order valence-corrected chi connectivity index (χ4v) is 3.20. The molecule has 0 unspecified atom stereocenters. The molecule has 8 nitrogen and oxygen atoms in total. The van der Waals surface area contributed by atoms with Crippen LogP contribution in [0.25, 0.3) is 11.0 Å². The van der Waals surface area contributed by atoms with E-state index in [1.165, 1.54) is 11.7 Å². The Kier molecular flexibility index (Phi) is 4.75. The first kappa shape index (κ1) is 17.1. The van der Waals surface area contributed by atoms with Gasteiger partial charge in [0.25, 0.3) is 0 Å². The van der Waals surface area contributed by atoms with Crippen LogP contribution in [0.1, 0.15) is 17.0 Å². The lowest BCUT2D eigenvalue weighted by molar-refractivity contribution is 0.220. The number of carbonyl (C=O) groups excluding carboxylic acids is 1. The summed E-state index contributed by atoms with van der Waals surface area (Å²) < 4.78 is 8.40. The number of benzene rings is 2. The highest BCUT2D eigenvalue weighted by Gasteiger charge is 2.13. The van der Waals surface area contributed by atoms with E-state index in [-0.39, 0.29) is 12.0 Å². The second kappa shape index (κ2) is 7.50. The number of hydrogen-bond acceptors (Lipinski definition) is 6. The zero-order chi connectivity index (χ0) is 18.6. The number of carbonyl (C=O) groups is 1. The maximum Gasteiger partial charge on any atom is 0.324 e. The Labute approximate surface area is 159 Å². The minimum atomic E-state index is -0.281. The molecular weight excluding hydrogens is 362 g/mol. The Bertz CT molecular complexity index is 1060. The number of amides is 2. The summed E-state index contributed by atoms with van der Waals surface area (Å²) in [5.41, 5.74) is 3.80. The van der Waals surface area contributed by atoms with E-state index in [0.29, 0.717) is 18.8 Å². The molecule has 0 saturated heterocycles. The molecular formula is C18H17N7OS. The summed E-state index contributed by atoms with van der Waals surface area (Å²) in [7, 11) is 1.72. The Balaban J connectivity index is 1.36. The molecule has 0 radical (unpaired) electrons. The molecule has 2 heterocycles. The zero-order valence-electron chi connectivity index (χ0n) is 14.6. The van der Waals surface area contributed by atoms with E-state index in [2.05, 4.69) is 29.2 Å². The van der Waals surface area contributed by atoms with Gasteiger partial charge in [-0.15, -0.1) is 5.10 Å². The molecule has 27 heavy (non-hydrogen) atoms. The third-order valence-corrected chi connectivity index (χ3v) is 4.61. The number of rotatable bonds is 5. The number of nitrogens with one attached hydrogen (secondary N) is 2. The molecule has 136 valence electrons. The molecule has 0 fully saturated rings. The SMILES string of the molecule is CN(Cc1ccc2nsnc2c1)C(=O)Nc1n[nH]c(Cc2ccccc2)n1. The summed E-state index contributed by atoms with van der Waals surface area (Å²) in [5, 5.41) is 9.63. The van der Waals surface area contributed by atoms with Gasteiger partial charge in [-0.25, -0.2) is 4.79 Å². The van der Waals surface area contributed by atoms with Crippen LogP contribution >= 0.6 is 11.7 Å². The average molecular weight is 379 g/mol. The summed E-state index contributed by atoms with van der Waals surface area (Å²) in [4.78, 5) is 18.3. The molecule has 0 bridgehead atoms. The Morgan fingerprint density at radius 1 is 1.11 bits per heavy atom. The third kappa shape index (κ3) is 4.09. The van der Waals surface area contributed by atoms with Crippen LogP contribution in [-0.4, -0.2) is 41.9 Å². The van der Waals surface area contributed by atoms with Crippen molar-refractivity contribution in [2.75, 3.05) is 12.4 Å². The zero-order valence-corrected chi connectivity index (χ0v) is 15.4. The molecule has 0 spiro atoms. The number of fused-ring (bicyclic) bond motifs is 1. The van der Waals surface area contributed by atoms with Gasteiger partial charge in [0, 0.05) is 20.0 Å². The van der Waals surface area contributed by atoms with Crippen LogP contribution in [0.3, 0.4) is 0 Å². The van der Waals surface area contributed by atoms with Crippen molar-refractivity contribution in [1.29, 1.82) is 0 Å². The van der Waals surface area contributed by atoms with Gasteiger partial charge in [-0.2, -0.15) is 13.7 Å². The quantitative estimate of drug-likeness (QED) is 0.555. The molecule has 2 amide bonds. The van der Waals surface area contributed by atoms with Crippen LogP contribution < -0.4 is 5.32 Å². The van der Waals surface area contributed by atoms with Crippen molar-refractivity contribution < 1.29 is 4.79 Å². The van der Waals surface area contributed by atoms with E-state index in [9.17, 15) is 4.79 Å². The topological polar surface area (TPSA) is 99.7 Å². The summed E-state index contributed by atoms with van der Waals surface area (Å²) in [6, 6.07) is 15.5. The van der Waals surface area contributed by atoms with E-state index in [1.807, 2.05) is 48.5 Å². The molecule has 0 saturated carbocycles. The van der Waals surface area contributed by atoms with E-state index in [4.69, 9.17) is 0 Å². The first-order chi connectivity index (χ1) is 13.2. The smallest absolute Gasteiger partial charge is 0.323 e. The normalized spacial score (nSPS) is 10.9. The van der Waals surface area contributed by atoms with Crippen molar-refractivity contribution in [1.82, 2.24) is 28.8 Å². The fourth-order valence-electron chi connectivity index (χ4n) is 2.68. The first-order valence-corrected chi connectivity index (χ1v) is 9.09. The molecule has 2 aromatic carbocycles. The fraction of sp³-hybridized carbons (Fsp3) is 0.167. The highest BCUT2D eigenvalue weighted by atomic mass is 32.1. The van der Waals surface area contributed by atoms with Crippen LogP contribution in [0, 0.1) is 0 Å². The van der Waals surface area contributed by atoms with Crippen molar-refractivity contribution in [3.05, 3.63) is 65.5 Å². The minimum absolute atomic E-state index is 0.261. The van der Waals surface area contributed by atoms with Crippen molar-refractivity contribution in [2.24, 2.45) is 0 Å². The van der Waals surface area contributed by atoms with Gasteiger partial charge in [0.2, 0.25) is 5.95 Å². The second-order valence-electron chi connectivity index (χ2n) is 6.14. The number of anilines is 1. The largest absolute Gasteiger partial charge is 0.324 e. The van der Waals surface area contributed by atoms with Gasteiger partial charge >= 0.3 is 6.03 Å². The summed E-state index contributed by atoms with van der Waals surface area (Å²) >= 11 is 1.18. The maximum atomic E-state index is 12.4. The predicted octanol–water partition coefficient (Wildman–Crippen LogP) is 3.06. The summed E-state index contributed by atoms with van der Waals surface area (Å²) in [6.07, 6.45) is 0.626. The molecule has 4 rings (SSSR count). The van der Waals surface area contributed by atoms with Crippen molar-refractivity contribution in [3.8, 4) is 0 Å². The van der Waals surface area contributed by atoms with Gasteiger partial charge in [0.15, 0.2) is 0 Å². The highest BCUT2D eigenvalue weighted by molar-refractivity contribution is 7.00. The van der Waals surface area contributed by atoms with Gasteiger partial charge in [0.05, 0.1) is 11.7 Å². The van der Waals surface area contributed by atoms with Crippen molar-refractivity contribution in [2.45, 2.75) is 13.0 Å². The Morgan fingerprint density at radius 2 is 1.93 bits per heavy atom. The standard InChI is InChI=1S/C18H17N7OS/c1-25(11-13-7-8-14-15(9-13)24-27-23-14)18(26)20-17-19-16(21-22-17)10-12-5-3-2-4-6-12/h2-9H,10-11H2,1H3,(H2,19,20,21,22,26). The number of urea groups is 1. The molecule has 0 aliphatic carbocycles. The lowest BCUT2D eigenvalue weighted by Gasteiger charge is -2.16. The summed E-state index contributed by atoms with van der Waals surface area (Å²) in [5.74, 6) is 0.956. The van der Waals surface area contributed by atoms with E-state index >= 15 is 0 Å². The van der Waals surface area contributed by atoms with E-state index < -0.39 is 0 Å². The third-order valence-electron chi connectivity index (χ3n) is 4.05. The van der Waals surface area contributed by atoms with E-state index in [0.717, 1.165) is 22.2 Å². The average Bonchev–Trinajstić information content (AvgIpc) is 3.31. The van der Waals surface area contributed by atoms with Gasteiger partial charge < -0.3 is 4.90 Å².